The van der Waals surface area contributed by atoms with Crippen molar-refractivity contribution in [2.75, 3.05) is 18.5 Å². The number of hydrogen-bond donors (Lipinski definition) is 1. The lowest BCUT2D eigenvalue weighted by molar-refractivity contribution is -0.157. The van der Waals surface area contributed by atoms with Crippen molar-refractivity contribution in [2.45, 2.75) is 64.2 Å². The summed E-state index contributed by atoms with van der Waals surface area (Å²) >= 11 is 0. The van der Waals surface area contributed by atoms with Crippen LogP contribution in [0.2, 0.25) is 0 Å². The lowest BCUT2D eigenvalue weighted by Crippen LogP contribution is -2.44. The SMILES string of the molecule is Cc1cc(NC(=O)[C@H]2OCCO[C@H]2C)nn1C1CCCCC1. The molecule has 1 saturated carbocycles. The maximum Gasteiger partial charge on any atom is 0.257 e. The smallest absolute Gasteiger partial charge is 0.257 e. The third-order valence-corrected chi connectivity index (χ3v) is 4.54. The van der Waals surface area contributed by atoms with E-state index in [1.807, 2.05) is 19.9 Å². The summed E-state index contributed by atoms with van der Waals surface area (Å²) in [6.45, 7) is 4.90. The second-order valence-electron chi connectivity index (χ2n) is 6.26. The molecular weight excluding hydrogens is 282 g/mol. The molecule has 1 aliphatic heterocycles. The molecule has 1 saturated heterocycles. The zero-order chi connectivity index (χ0) is 15.5. The molecule has 2 aliphatic rings. The summed E-state index contributed by atoms with van der Waals surface area (Å²) in [5, 5.41) is 7.45. The van der Waals surface area contributed by atoms with Crippen molar-refractivity contribution in [3.63, 3.8) is 0 Å². The van der Waals surface area contributed by atoms with Gasteiger partial charge in [-0.1, -0.05) is 19.3 Å². The standard InChI is InChI=1S/C16H25N3O3/c1-11-10-14(18-19(11)13-6-4-3-5-7-13)17-16(20)15-12(2)21-8-9-22-15/h10,12-13,15H,3-9H2,1-2H3,(H,17,18,20)/t12-,15-/m0/s1. The number of anilines is 1. The molecule has 0 bridgehead atoms. The fourth-order valence-electron chi connectivity index (χ4n) is 3.36. The Morgan fingerprint density at radius 2 is 2.00 bits per heavy atom. The summed E-state index contributed by atoms with van der Waals surface area (Å²) in [6, 6.07) is 2.40. The van der Waals surface area contributed by atoms with E-state index in [1.165, 1.54) is 32.1 Å². The number of rotatable bonds is 3. The number of amides is 1. The molecule has 1 aromatic rings. The van der Waals surface area contributed by atoms with E-state index in [0.29, 0.717) is 25.1 Å². The first-order valence-corrected chi connectivity index (χ1v) is 8.25. The number of hydrogen-bond acceptors (Lipinski definition) is 4. The summed E-state index contributed by atoms with van der Waals surface area (Å²) in [5.74, 6) is 0.426. The lowest BCUT2D eigenvalue weighted by atomic mass is 9.95. The molecule has 2 heterocycles. The van der Waals surface area contributed by atoms with Gasteiger partial charge in [0.05, 0.1) is 25.4 Å². The van der Waals surface area contributed by atoms with Crippen molar-refractivity contribution in [2.24, 2.45) is 0 Å². The molecule has 6 heteroatoms. The van der Waals surface area contributed by atoms with E-state index in [-0.39, 0.29) is 12.0 Å². The number of aryl methyl sites for hydroxylation is 1. The van der Waals surface area contributed by atoms with E-state index >= 15 is 0 Å². The molecule has 0 aromatic carbocycles. The Kier molecular flexibility index (Phi) is 4.78. The molecule has 0 unspecified atom stereocenters. The molecular formula is C16H25N3O3. The Bertz CT molecular complexity index is 523. The summed E-state index contributed by atoms with van der Waals surface area (Å²) < 4.78 is 13.0. The van der Waals surface area contributed by atoms with Crippen LogP contribution >= 0.6 is 0 Å². The highest BCUT2D eigenvalue weighted by atomic mass is 16.6. The van der Waals surface area contributed by atoms with Gasteiger partial charge >= 0.3 is 0 Å². The predicted molar refractivity (Wildman–Crippen MR) is 82.9 cm³/mol. The molecule has 0 spiro atoms. The normalized spacial score (nSPS) is 26.8. The second kappa shape index (κ2) is 6.79. The van der Waals surface area contributed by atoms with Crippen molar-refractivity contribution < 1.29 is 14.3 Å². The fourth-order valence-corrected chi connectivity index (χ4v) is 3.36. The van der Waals surface area contributed by atoms with Crippen LogP contribution in [0.5, 0.6) is 0 Å². The van der Waals surface area contributed by atoms with Crippen LogP contribution in [-0.2, 0) is 14.3 Å². The Balaban J connectivity index is 1.66. The van der Waals surface area contributed by atoms with Gasteiger partial charge in [0.25, 0.3) is 5.91 Å². The van der Waals surface area contributed by atoms with Crippen molar-refractivity contribution in [1.29, 1.82) is 0 Å². The van der Waals surface area contributed by atoms with Crippen molar-refractivity contribution in [1.82, 2.24) is 9.78 Å². The average Bonchev–Trinajstić information content (AvgIpc) is 2.89. The minimum Gasteiger partial charge on any atom is -0.373 e. The van der Waals surface area contributed by atoms with Crippen LogP contribution in [0.1, 0.15) is 50.8 Å². The Morgan fingerprint density at radius 3 is 2.73 bits per heavy atom. The maximum atomic E-state index is 12.3. The summed E-state index contributed by atoms with van der Waals surface area (Å²) in [6.07, 6.45) is 5.40. The number of carbonyl (C=O) groups excluding carboxylic acids is 1. The molecule has 122 valence electrons. The molecule has 1 N–H and O–H groups in total. The summed E-state index contributed by atoms with van der Waals surface area (Å²) in [5.41, 5.74) is 1.09. The minimum absolute atomic E-state index is 0.180. The first kappa shape index (κ1) is 15.5. The third-order valence-electron chi connectivity index (χ3n) is 4.54. The maximum absolute atomic E-state index is 12.3. The van der Waals surface area contributed by atoms with Crippen molar-refractivity contribution >= 4 is 11.7 Å². The van der Waals surface area contributed by atoms with Crippen LogP contribution in [0.3, 0.4) is 0 Å². The van der Waals surface area contributed by atoms with E-state index in [4.69, 9.17) is 9.47 Å². The Hall–Kier alpha value is -1.40. The van der Waals surface area contributed by atoms with Gasteiger partial charge in [-0.3, -0.25) is 9.48 Å². The highest BCUT2D eigenvalue weighted by Gasteiger charge is 2.30. The average molecular weight is 307 g/mol. The topological polar surface area (TPSA) is 65.4 Å². The van der Waals surface area contributed by atoms with E-state index in [0.717, 1.165) is 5.69 Å². The van der Waals surface area contributed by atoms with Crippen LogP contribution in [0.25, 0.3) is 0 Å². The quantitative estimate of drug-likeness (QED) is 0.931. The molecule has 1 amide bonds. The molecule has 2 fully saturated rings. The third kappa shape index (κ3) is 3.33. The number of aromatic nitrogens is 2. The molecule has 22 heavy (non-hydrogen) atoms. The zero-order valence-corrected chi connectivity index (χ0v) is 13.4. The second-order valence-corrected chi connectivity index (χ2v) is 6.26. The van der Waals surface area contributed by atoms with Gasteiger partial charge in [-0.2, -0.15) is 5.10 Å². The largest absolute Gasteiger partial charge is 0.373 e. The van der Waals surface area contributed by atoms with Gasteiger partial charge in [0.2, 0.25) is 0 Å². The lowest BCUT2D eigenvalue weighted by Gasteiger charge is -2.28. The van der Waals surface area contributed by atoms with Gasteiger partial charge in [0.1, 0.15) is 0 Å². The molecule has 3 rings (SSSR count). The monoisotopic (exact) mass is 307 g/mol. The van der Waals surface area contributed by atoms with Gasteiger partial charge in [0.15, 0.2) is 11.9 Å². The van der Waals surface area contributed by atoms with E-state index in [9.17, 15) is 4.79 Å². The minimum atomic E-state index is -0.561. The van der Waals surface area contributed by atoms with E-state index in [1.54, 1.807) is 0 Å². The number of nitrogens with one attached hydrogen (secondary N) is 1. The zero-order valence-electron chi connectivity index (χ0n) is 13.4. The summed E-state index contributed by atoms with van der Waals surface area (Å²) in [4.78, 5) is 12.3. The van der Waals surface area contributed by atoms with E-state index in [2.05, 4.69) is 15.1 Å². The molecule has 0 radical (unpaired) electrons. The van der Waals surface area contributed by atoms with Crippen LogP contribution < -0.4 is 5.32 Å². The Labute approximate surface area is 131 Å². The van der Waals surface area contributed by atoms with Crippen LogP contribution in [-0.4, -0.2) is 41.1 Å². The van der Waals surface area contributed by atoms with Crippen LogP contribution in [0, 0.1) is 6.92 Å². The summed E-state index contributed by atoms with van der Waals surface area (Å²) in [7, 11) is 0. The van der Waals surface area contributed by atoms with E-state index < -0.39 is 6.10 Å². The first-order chi connectivity index (χ1) is 10.6. The number of nitrogens with zero attached hydrogens (tertiary/aromatic N) is 2. The predicted octanol–water partition coefficient (Wildman–Crippen LogP) is 2.44. The van der Waals surface area contributed by atoms with Gasteiger partial charge in [0, 0.05) is 11.8 Å². The molecule has 1 aromatic heterocycles. The van der Waals surface area contributed by atoms with Crippen LogP contribution in [0.15, 0.2) is 6.07 Å². The van der Waals surface area contributed by atoms with Crippen molar-refractivity contribution in [3.05, 3.63) is 11.8 Å². The van der Waals surface area contributed by atoms with Gasteiger partial charge in [-0.15, -0.1) is 0 Å². The molecule has 1 aliphatic carbocycles. The van der Waals surface area contributed by atoms with Gasteiger partial charge in [-0.05, 0) is 26.7 Å². The van der Waals surface area contributed by atoms with Crippen molar-refractivity contribution in [3.8, 4) is 0 Å². The molecule has 6 nitrogen and oxygen atoms in total. The van der Waals surface area contributed by atoms with Gasteiger partial charge < -0.3 is 14.8 Å². The molecule has 2 atom stereocenters. The highest BCUT2D eigenvalue weighted by Crippen LogP contribution is 2.29. The Morgan fingerprint density at radius 1 is 1.27 bits per heavy atom. The highest BCUT2D eigenvalue weighted by molar-refractivity contribution is 5.93. The first-order valence-electron chi connectivity index (χ1n) is 8.25. The number of carbonyl (C=O) groups is 1. The number of ether oxygens (including phenoxy) is 2. The van der Waals surface area contributed by atoms with Gasteiger partial charge in [-0.25, -0.2) is 0 Å². The van der Waals surface area contributed by atoms with Crippen LogP contribution in [0.4, 0.5) is 5.82 Å². The fraction of sp³-hybridized carbons (Fsp3) is 0.750.